The number of halogens is 1. The van der Waals surface area contributed by atoms with Crippen LogP contribution in [0.1, 0.15) is 0 Å². The van der Waals surface area contributed by atoms with Gasteiger partial charge in [-0.1, -0.05) is 0 Å². The van der Waals surface area contributed by atoms with Gasteiger partial charge in [0.25, 0.3) is 5.56 Å². The smallest absolute Gasteiger partial charge is 0.265 e. The number of nitrogens with zero attached hydrogens (tertiary/aromatic N) is 2. The van der Waals surface area contributed by atoms with Crippen molar-refractivity contribution in [3.8, 4) is 0 Å². The maximum atomic E-state index is 11.6. The highest BCUT2D eigenvalue weighted by Crippen LogP contribution is 2.08. The Morgan fingerprint density at radius 3 is 2.73 bits per heavy atom. The number of pyridine rings is 1. The average molecular weight is 274 g/mol. The zero-order chi connectivity index (χ0) is 11.6. The molecule has 15 heavy (non-hydrogen) atoms. The Bertz CT molecular complexity index is 439. The summed E-state index contributed by atoms with van der Waals surface area (Å²) < 4.78 is 1.64. The van der Waals surface area contributed by atoms with E-state index in [0.29, 0.717) is 10.2 Å². The molecule has 0 spiro atoms. The van der Waals surface area contributed by atoms with Crippen molar-refractivity contribution in [3.05, 3.63) is 27.1 Å². The van der Waals surface area contributed by atoms with Gasteiger partial charge in [0.1, 0.15) is 6.54 Å². The zero-order valence-electron chi connectivity index (χ0n) is 8.53. The Balaban J connectivity index is 3.05. The normalized spacial score (nSPS) is 10.1. The molecule has 1 heterocycles. The van der Waals surface area contributed by atoms with Crippen LogP contribution in [0.5, 0.6) is 0 Å². The number of likely N-dealkylation sites (N-methyl/N-ethyl adjacent to an activating group) is 1. The Kier molecular flexibility index (Phi) is 3.52. The Labute approximate surface area is 95.6 Å². The van der Waals surface area contributed by atoms with Crippen molar-refractivity contribution in [1.29, 1.82) is 0 Å². The summed E-state index contributed by atoms with van der Waals surface area (Å²) in [6.07, 6.45) is 1.45. The summed E-state index contributed by atoms with van der Waals surface area (Å²) in [5, 5.41) is 0. The van der Waals surface area contributed by atoms with E-state index in [1.54, 1.807) is 14.1 Å². The zero-order valence-corrected chi connectivity index (χ0v) is 10.1. The number of nitrogens with two attached hydrogens (primary N) is 1. The number of anilines is 1. The number of hydrogen-bond acceptors (Lipinski definition) is 3. The van der Waals surface area contributed by atoms with E-state index in [4.69, 9.17) is 5.73 Å². The molecule has 0 unspecified atom stereocenters. The molecule has 0 bridgehead atoms. The van der Waals surface area contributed by atoms with E-state index in [2.05, 4.69) is 15.9 Å². The molecule has 0 aliphatic rings. The van der Waals surface area contributed by atoms with Gasteiger partial charge in [-0.25, -0.2) is 0 Å². The monoisotopic (exact) mass is 273 g/mol. The van der Waals surface area contributed by atoms with Crippen molar-refractivity contribution in [2.24, 2.45) is 0 Å². The quantitative estimate of drug-likeness (QED) is 0.842. The van der Waals surface area contributed by atoms with E-state index in [-0.39, 0.29) is 18.0 Å². The summed E-state index contributed by atoms with van der Waals surface area (Å²) in [7, 11) is 3.27. The number of amides is 1. The van der Waals surface area contributed by atoms with Crippen LogP contribution in [0.2, 0.25) is 0 Å². The lowest BCUT2D eigenvalue weighted by atomic mass is 10.4. The van der Waals surface area contributed by atoms with Crippen LogP contribution >= 0.6 is 15.9 Å². The lowest BCUT2D eigenvalue weighted by molar-refractivity contribution is -0.129. The molecular formula is C9H12BrN3O2. The van der Waals surface area contributed by atoms with Gasteiger partial charge in [0.05, 0.1) is 4.47 Å². The van der Waals surface area contributed by atoms with Crippen molar-refractivity contribution in [3.63, 3.8) is 0 Å². The van der Waals surface area contributed by atoms with Gasteiger partial charge in [-0.05, 0) is 22.0 Å². The Hall–Kier alpha value is -1.30. The average Bonchev–Trinajstić information content (AvgIpc) is 2.13. The van der Waals surface area contributed by atoms with Gasteiger partial charge in [-0.15, -0.1) is 0 Å². The Morgan fingerprint density at radius 1 is 1.60 bits per heavy atom. The van der Waals surface area contributed by atoms with Crippen LogP contribution in [0.25, 0.3) is 0 Å². The summed E-state index contributed by atoms with van der Waals surface area (Å²) in [6, 6.07) is 1.51. The molecule has 82 valence electrons. The van der Waals surface area contributed by atoms with Gasteiger partial charge in [-0.2, -0.15) is 0 Å². The van der Waals surface area contributed by atoms with Crippen molar-refractivity contribution in [2.75, 3.05) is 19.8 Å². The third kappa shape index (κ3) is 2.82. The number of nitrogen functional groups attached to an aromatic ring is 1. The molecule has 1 aromatic heterocycles. The van der Waals surface area contributed by atoms with Crippen LogP contribution in [-0.2, 0) is 11.3 Å². The first-order valence-corrected chi connectivity index (χ1v) is 5.06. The molecule has 2 N–H and O–H groups in total. The standard InChI is InChI=1S/C9H12BrN3O2/c1-12(2)8(14)5-13-4-6(11)3-7(10)9(13)15/h3-4H,5,11H2,1-2H3. The second kappa shape index (κ2) is 4.48. The second-order valence-corrected chi connectivity index (χ2v) is 4.20. The SMILES string of the molecule is CN(C)C(=O)Cn1cc(N)cc(Br)c1=O. The highest BCUT2D eigenvalue weighted by atomic mass is 79.9. The molecule has 0 radical (unpaired) electrons. The number of carbonyl (C=O) groups is 1. The molecule has 1 rings (SSSR count). The summed E-state index contributed by atoms with van der Waals surface area (Å²) in [4.78, 5) is 24.4. The van der Waals surface area contributed by atoms with Crippen LogP contribution in [0.4, 0.5) is 5.69 Å². The molecule has 0 aliphatic carbocycles. The maximum absolute atomic E-state index is 11.6. The number of carbonyl (C=O) groups excluding carboxylic acids is 1. The molecule has 0 saturated heterocycles. The fourth-order valence-corrected chi connectivity index (χ4v) is 1.52. The minimum atomic E-state index is -0.264. The predicted molar refractivity (Wildman–Crippen MR) is 61.5 cm³/mol. The van der Waals surface area contributed by atoms with E-state index in [9.17, 15) is 9.59 Å². The first-order chi connectivity index (χ1) is 6.91. The minimum absolute atomic E-state index is 0.00449. The second-order valence-electron chi connectivity index (χ2n) is 3.34. The maximum Gasteiger partial charge on any atom is 0.265 e. The lowest BCUT2D eigenvalue weighted by Crippen LogP contribution is -2.31. The summed E-state index contributed by atoms with van der Waals surface area (Å²) >= 11 is 3.09. The lowest BCUT2D eigenvalue weighted by Gasteiger charge is -2.12. The molecule has 0 atom stereocenters. The van der Waals surface area contributed by atoms with E-state index in [1.165, 1.54) is 21.7 Å². The first kappa shape index (κ1) is 11.8. The predicted octanol–water partition coefficient (Wildman–Crippen LogP) is 0.281. The van der Waals surface area contributed by atoms with Gasteiger partial charge in [0.15, 0.2) is 0 Å². The van der Waals surface area contributed by atoms with Gasteiger partial charge >= 0.3 is 0 Å². The van der Waals surface area contributed by atoms with Gasteiger partial charge < -0.3 is 15.2 Å². The number of hydrogen-bond donors (Lipinski definition) is 1. The van der Waals surface area contributed by atoms with Crippen molar-refractivity contribution >= 4 is 27.5 Å². The molecule has 5 nitrogen and oxygen atoms in total. The van der Waals surface area contributed by atoms with E-state index in [0.717, 1.165) is 0 Å². The van der Waals surface area contributed by atoms with Crippen LogP contribution in [0, 0.1) is 0 Å². The minimum Gasteiger partial charge on any atom is -0.398 e. The van der Waals surface area contributed by atoms with Crippen molar-refractivity contribution in [1.82, 2.24) is 9.47 Å². The number of rotatable bonds is 2. The molecule has 0 fully saturated rings. The number of aromatic nitrogens is 1. The van der Waals surface area contributed by atoms with E-state index >= 15 is 0 Å². The topological polar surface area (TPSA) is 68.3 Å². The summed E-state index contributed by atoms with van der Waals surface area (Å²) in [6.45, 7) is -0.00449. The van der Waals surface area contributed by atoms with Crippen LogP contribution in [0.3, 0.4) is 0 Å². The summed E-state index contributed by atoms with van der Waals surface area (Å²) in [5.74, 6) is -0.158. The first-order valence-electron chi connectivity index (χ1n) is 4.27. The van der Waals surface area contributed by atoms with Crippen LogP contribution < -0.4 is 11.3 Å². The third-order valence-electron chi connectivity index (χ3n) is 1.87. The third-order valence-corrected chi connectivity index (χ3v) is 2.44. The van der Waals surface area contributed by atoms with Crippen LogP contribution in [-0.4, -0.2) is 29.5 Å². The highest BCUT2D eigenvalue weighted by molar-refractivity contribution is 9.10. The van der Waals surface area contributed by atoms with Gasteiger partial charge in [0, 0.05) is 26.0 Å². The molecule has 1 amide bonds. The molecule has 0 aromatic carbocycles. The fraction of sp³-hybridized carbons (Fsp3) is 0.333. The largest absolute Gasteiger partial charge is 0.398 e. The van der Waals surface area contributed by atoms with E-state index < -0.39 is 0 Å². The Morgan fingerprint density at radius 2 is 2.20 bits per heavy atom. The van der Waals surface area contributed by atoms with Crippen LogP contribution in [0.15, 0.2) is 21.5 Å². The molecule has 0 aliphatic heterocycles. The molecular weight excluding hydrogens is 262 g/mol. The van der Waals surface area contributed by atoms with Crippen molar-refractivity contribution in [2.45, 2.75) is 6.54 Å². The fourth-order valence-electron chi connectivity index (χ4n) is 1.03. The molecule has 0 saturated carbocycles. The molecule has 1 aromatic rings. The highest BCUT2D eigenvalue weighted by Gasteiger charge is 2.08. The van der Waals surface area contributed by atoms with Gasteiger partial charge in [-0.3, -0.25) is 9.59 Å². The molecule has 6 heteroatoms. The van der Waals surface area contributed by atoms with E-state index in [1.807, 2.05) is 0 Å². The summed E-state index contributed by atoms with van der Waals surface area (Å²) in [5.41, 5.74) is 5.74. The van der Waals surface area contributed by atoms with Crippen molar-refractivity contribution < 1.29 is 4.79 Å². The van der Waals surface area contributed by atoms with Gasteiger partial charge in [0.2, 0.25) is 5.91 Å².